The minimum Gasteiger partial charge on any atom is -0.390 e. The molecular formula is C9H14O2. The summed E-state index contributed by atoms with van der Waals surface area (Å²) in [5.41, 5.74) is 0. The molecule has 2 atom stereocenters. The van der Waals surface area contributed by atoms with Crippen molar-refractivity contribution >= 4 is 0 Å². The molecule has 0 aliphatic heterocycles. The van der Waals surface area contributed by atoms with Crippen molar-refractivity contribution in [2.24, 2.45) is 0 Å². The number of hydrogen-bond acceptors (Lipinski definition) is 2. The fraction of sp³-hybridized carbons (Fsp3) is 0.333. The van der Waals surface area contributed by atoms with Gasteiger partial charge in [-0.15, -0.1) is 0 Å². The highest BCUT2D eigenvalue weighted by atomic mass is 16.3. The SMILES string of the molecule is C=C/C=C/C=C/[C@H](O)[C@H](C)O. The zero-order valence-electron chi connectivity index (χ0n) is 6.64. The molecule has 0 radical (unpaired) electrons. The van der Waals surface area contributed by atoms with E-state index < -0.39 is 12.2 Å². The first-order valence-corrected chi connectivity index (χ1v) is 3.50. The average Bonchev–Trinajstić information content (AvgIpc) is 1.97. The standard InChI is InChI=1S/C9H14O2/c1-3-4-5-6-7-9(11)8(2)10/h3-11H,1H2,2H3/b5-4+,7-6+/t8-,9-/m0/s1. The molecular weight excluding hydrogens is 140 g/mol. The van der Waals surface area contributed by atoms with Gasteiger partial charge in [0.15, 0.2) is 0 Å². The summed E-state index contributed by atoms with van der Waals surface area (Å²) in [5, 5.41) is 17.9. The van der Waals surface area contributed by atoms with Crippen LogP contribution in [0.2, 0.25) is 0 Å². The lowest BCUT2D eigenvalue weighted by Crippen LogP contribution is -2.19. The molecule has 62 valence electrons. The van der Waals surface area contributed by atoms with Gasteiger partial charge in [0, 0.05) is 0 Å². The Morgan fingerprint density at radius 3 is 2.27 bits per heavy atom. The molecule has 0 aromatic carbocycles. The average molecular weight is 154 g/mol. The van der Waals surface area contributed by atoms with Gasteiger partial charge in [-0.3, -0.25) is 0 Å². The monoisotopic (exact) mass is 154 g/mol. The second-order valence-electron chi connectivity index (χ2n) is 2.24. The first kappa shape index (κ1) is 10.1. The molecule has 0 aliphatic carbocycles. The van der Waals surface area contributed by atoms with E-state index in [4.69, 9.17) is 10.2 Å². The molecule has 2 heteroatoms. The Bertz CT molecular complexity index is 157. The highest BCUT2D eigenvalue weighted by Gasteiger charge is 2.03. The third-order valence-corrected chi connectivity index (χ3v) is 1.16. The van der Waals surface area contributed by atoms with Gasteiger partial charge < -0.3 is 10.2 Å². The van der Waals surface area contributed by atoms with E-state index in [1.165, 1.54) is 13.0 Å². The van der Waals surface area contributed by atoms with Gasteiger partial charge in [0.2, 0.25) is 0 Å². The maximum atomic E-state index is 9.03. The minimum absolute atomic E-state index is 0.719. The normalized spacial score (nSPS) is 17.4. The Balaban J connectivity index is 3.73. The van der Waals surface area contributed by atoms with Crippen LogP contribution < -0.4 is 0 Å². The van der Waals surface area contributed by atoms with E-state index >= 15 is 0 Å². The first-order valence-electron chi connectivity index (χ1n) is 3.50. The fourth-order valence-electron chi connectivity index (χ4n) is 0.482. The molecule has 0 heterocycles. The van der Waals surface area contributed by atoms with Gasteiger partial charge >= 0.3 is 0 Å². The van der Waals surface area contributed by atoms with Gasteiger partial charge in [0.1, 0.15) is 0 Å². The smallest absolute Gasteiger partial charge is 0.0980 e. The van der Waals surface area contributed by atoms with E-state index in [1.54, 1.807) is 24.3 Å². The summed E-state index contributed by atoms with van der Waals surface area (Å²) in [6.07, 6.45) is 6.79. The lowest BCUT2D eigenvalue weighted by Gasteiger charge is -2.06. The van der Waals surface area contributed by atoms with Crippen LogP contribution in [0.1, 0.15) is 6.92 Å². The van der Waals surface area contributed by atoms with Crippen molar-refractivity contribution in [1.29, 1.82) is 0 Å². The van der Waals surface area contributed by atoms with Crippen LogP contribution in [-0.2, 0) is 0 Å². The number of aliphatic hydroxyl groups excluding tert-OH is 2. The van der Waals surface area contributed by atoms with Gasteiger partial charge in [0.25, 0.3) is 0 Å². The van der Waals surface area contributed by atoms with Crippen LogP contribution in [0.15, 0.2) is 37.0 Å². The third-order valence-electron chi connectivity index (χ3n) is 1.16. The highest BCUT2D eigenvalue weighted by molar-refractivity contribution is 5.10. The van der Waals surface area contributed by atoms with E-state index in [1.807, 2.05) is 0 Å². The topological polar surface area (TPSA) is 40.5 Å². The molecule has 2 N–H and O–H groups in total. The summed E-state index contributed by atoms with van der Waals surface area (Å²) < 4.78 is 0. The van der Waals surface area contributed by atoms with Crippen molar-refractivity contribution in [2.75, 3.05) is 0 Å². The largest absolute Gasteiger partial charge is 0.390 e. The first-order chi connectivity index (χ1) is 5.18. The number of hydrogen-bond donors (Lipinski definition) is 2. The van der Waals surface area contributed by atoms with Crippen molar-refractivity contribution in [2.45, 2.75) is 19.1 Å². The van der Waals surface area contributed by atoms with E-state index in [0.29, 0.717) is 0 Å². The molecule has 0 aromatic heterocycles. The zero-order valence-corrected chi connectivity index (χ0v) is 6.64. The van der Waals surface area contributed by atoms with Crippen molar-refractivity contribution in [3.63, 3.8) is 0 Å². The van der Waals surface area contributed by atoms with Crippen LogP contribution in [0.3, 0.4) is 0 Å². The predicted molar refractivity (Wildman–Crippen MR) is 46.2 cm³/mol. The van der Waals surface area contributed by atoms with Gasteiger partial charge in [-0.2, -0.15) is 0 Å². The summed E-state index contributed by atoms with van der Waals surface area (Å²) in [6.45, 7) is 5.01. The van der Waals surface area contributed by atoms with Crippen LogP contribution in [0.25, 0.3) is 0 Å². The Morgan fingerprint density at radius 1 is 1.18 bits per heavy atom. The van der Waals surface area contributed by atoms with Gasteiger partial charge in [-0.25, -0.2) is 0 Å². The molecule has 2 nitrogen and oxygen atoms in total. The molecule has 0 aromatic rings. The fourth-order valence-corrected chi connectivity index (χ4v) is 0.482. The summed E-state index contributed by atoms with van der Waals surface area (Å²) in [7, 11) is 0. The summed E-state index contributed by atoms with van der Waals surface area (Å²) in [6, 6.07) is 0. The maximum Gasteiger partial charge on any atom is 0.0980 e. The van der Waals surface area contributed by atoms with Gasteiger partial charge in [-0.05, 0) is 6.92 Å². The van der Waals surface area contributed by atoms with Crippen molar-refractivity contribution in [3.8, 4) is 0 Å². The molecule has 0 bridgehead atoms. The van der Waals surface area contributed by atoms with Crippen LogP contribution >= 0.6 is 0 Å². The van der Waals surface area contributed by atoms with Crippen LogP contribution in [0.5, 0.6) is 0 Å². The molecule has 0 rings (SSSR count). The molecule has 0 fully saturated rings. The number of rotatable bonds is 4. The van der Waals surface area contributed by atoms with E-state index in [9.17, 15) is 0 Å². The molecule has 0 saturated heterocycles. The molecule has 0 spiro atoms. The number of allylic oxidation sites excluding steroid dienone is 4. The second-order valence-corrected chi connectivity index (χ2v) is 2.24. The van der Waals surface area contributed by atoms with E-state index in [0.717, 1.165) is 0 Å². The van der Waals surface area contributed by atoms with E-state index in [-0.39, 0.29) is 0 Å². The molecule has 0 aliphatic rings. The lowest BCUT2D eigenvalue weighted by molar-refractivity contribution is 0.0619. The van der Waals surface area contributed by atoms with Crippen molar-refractivity contribution in [3.05, 3.63) is 37.0 Å². The van der Waals surface area contributed by atoms with Gasteiger partial charge in [0.05, 0.1) is 12.2 Å². The Kier molecular flexibility index (Phi) is 5.43. The van der Waals surface area contributed by atoms with Crippen molar-refractivity contribution < 1.29 is 10.2 Å². The summed E-state index contributed by atoms with van der Waals surface area (Å²) in [5.74, 6) is 0. The Hall–Kier alpha value is -0.860. The molecule has 0 amide bonds. The van der Waals surface area contributed by atoms with Crippen molar-refractivity contribution in [1.82, 2.24) is 0 Å². The zero-order chi connectivity index (χ0) is 8.69. The molecule has 0 saturated carbocycles. The molecule has 11 heavy (non-hydrogen) atoms. The number of aliphatic hydroxyl groups is 2. The van der Waals surface area contributed by atoms with E-state index in [2.05, 4.69) is 6.58 Å². The third kappa shape index (κ3) is 5.58. The Morgan fingerprint density at radius 2 is 1.82 bits per heavy atom. The Labute approximate surface area is 67.2 Å². The van der Waals surface area contributed by atoms with Crippen LogP contribution in [-0.4, -0.2) is 22.4 Å². The van der Waals surface area contributed by atoms with Gasteiger partial charge in [-0.1, -0.05) is 37.0 Å². The quantitative estimate of drug-likeness (QED) is 0.594. The predicted octanol–water partition coefficient (Wildman–Crippen LogP) is 1.03. The van der Waals surface area contributed by atoms with Crippen LogP contribution in [0.4, 0.5) is 0 Å². The maximum absolute atomic E-state index is 9.03. The summed E-state index contributed by atoms with van der Waals surface area (Å²) >= 11 is 0. The minimum atomic E-state index is -0.788. The second kappa shape index (κ2) is 5.89. The van der Waals surface area contributed by atoms with Crippen LogP contribution in [0, 0.1) is 0 Å². The highest BCUT2D eigenvalue weighted by Crippen LogP contribution is 1.93. The lowest BCUT2D eigenvalue weighted by atomic mass is 10.2. The summed E-state index contributed by atoms with van der Waals surface area (Å²) in [4.78, 5) is 0. The molecule has 0 unspecified atom stereocenters.